The zero-order valence-electron chi connectivity index (χ0n) is 14.5. The average Bonchev–Trinajstić information content (AvgIpc) is 2.58. The molecule has 0 radical (unpaired) electrons. The Morgan fingerprint density at radius 3 is 2.00 bits per heavy atom. The van der Waals surface area contributed by atoms with Crippen molar-refractivity contribution in [3.63, 3.8) is 0 Å². The summed E-state index contributed by atoms with van der Waals surface area (Å²) in [6, 6.07) is 0. The Morgan fingerprint density at radius 2 is 1.58 bits per heavy atom. The summed E-state index contributed by atoms with van der Waals surface area (Å²) in [5.74, 6) is -0.901. The fraction of sp³-hybridized carbons (Fsp3) is 0.929. The summed E-state index contributed by atoms with van der Waals surface area (Å²) in [6.07, 6.45) is -6.09. The van der Waals surface area contributed by atoms with E-state index in [2.05, 4.69) is 5.32 Å². The zero-order valence-corrected chi connectivity index (χ0v) is 15.6. The first-order valence-electron chi connectivity index (χ1n) is 8.20. The molecule has 0 bridgehead atoms. The van der Waals surface area contributed by atoms with E-state index in [0.717, 1.165) is 6.42 Å². The van der Waals surface area contributed by atoms with E-state index >= 15 is 0 Å². The molecule has 0 aliphatic carbocycles. The first-order valence-corrected chi connectivity index (χ1v) is 9.81. The topological polar surface area (TPSA) is 149 Å². The Bertz CT molecular complexity index is 343. The fourth-order valence-electron chi connectivity index (χ4n) is 2.14. The third kappa shape index (κ3) is 7.53. The molecule has 0 heterocycles. The van der Waals surface area contributed by atoms with Crippen LogP contribution in [0.25, 0.3) is 0 Å². The first kappa shape index (κ1) is 23.4. The molecule has 24 heavy (non-hydrogen) atoms. The van der Waals surface area contributed by atoms with E-state index in [4.69, 9.17) is 14.0 Å². The second kappa shape index (κ2) is 12.7. The van der Waals surface area contributed by atoms with Crippen LogP contribution in [0.3, 0.4) is 0 Å². The summed E-state index contributed by atoms with van der Waals surface area (Å²) in [6.45, 7) is 5.60. The SMILES string of the molecule is CCCC(NC(=O)[C@H](O)[C@@H](O)[C@H](O)[C@H](O)CO)[SiH](OCC)OCC. The number of carbonyl (C=O) groups excluding carboxylic acids is 1. The maximum Gasteiger partial charge on any atom is 0.344 e. The molecule has 0 aliphatic heterocycles. The van der Waals surface area contributed by atoms with Gasteiger partial charge in [0.15, 0.2) is 6.10 Å². The Hall–Kier alpha value is -0.593. The Kier molecular flexibility index (Phi) is 12.4. The maximum atomic E-state index is 12.1. The van der Waals surface area contributed by atoms with Gasteiger partial charge >= 0.3 is 9.28 Å². The van der Waals surface area contributed by atoms with Crippen LogP contribution in [-0.4, -0.2) is 90.6 Å². The molecule has 0 saturated heterocycles. The largest absolute Gasteiger partial charge is 0.396 e. The third-order valence-corrected chi connectivity index (χ3v) is 5.92. The van der Waals surface area contributed by atoms with E-state index in [1.165, 1.54) is 0 Å². The molecule has 9 nitrogen and oxygen atoms in total. The van der Waals surface area contributed by atoms with Crippen LogP contribution in [0.1, 0.15) is 33.6 Å². The van der Waals surface area contributed by atoms with Gasteiger partial charge in [-0.05, 0) is 20.3 Å². The van der Waals surface area contributed by atoms with E-state index in [9.17, 15) is 25.2 Å². The van der Waals surface area contributed by atoms with Crippen molar-refractivity contribution in [2.24, 2.45) is 0 Å². The third-order valence-electron chi connectivity index (χ3n) is 3.44. The molecule has 0 rings (SSSR count). The molecule has 0 aliphatic rings. The average molecular weight is 369 g/mol. The van der Waals surface area contributed by atoms with Gasteiger partial charge in [0, 0.05) is 13.2 Å². The van der Waals surface area contributed by atoms with Crippen LogP contribution >= 0.6 is 0 Å². The standard InChI is InChI=1S/C14H31NO8Si/c1-4-7-10(24(22-5-2)23-6-3)15-14(21)13(20)12(19)11(18)9(17)8-16/h9-13,16-20,24H,4-8H2,1-3H3,(H,15,21)/t9-,10?,11-,12+,13-/m1/s1. The van der Waals surface area contributed by atoms with Crippen LogP contribution in [0.2, 0.25) is 0 Å². The molecule has 1 amide bonds. The van der Waals surface area contributed by atoms with Crippen molar-refractivity contribution < 1.29 is 39.2 Å². The number of amides is 1. The highest BCUT2D eigenvalue weighted by molar-refractivity contribution is 6.46. The van der Waals surface area contributed by atoms with E-state index in [0.29, 0.717) is 19.6 Å². The van der Waals surface area contributed by atoms with Gasteiger partial charge in [0.2, 0.25) is 0 Å². The van der Waals surface area contributed by atoms with Crippen LogP contribution in [-0.2, 0) is 13.6 Å². The highest BCUT2D eigenvalue weighted by Crippen LogP contribution is 2.09. The van der Waals surface area contributed by atoms with Crippen molar-refractivity contribution in [3.05, 3.63) is 0 Å². The van der Waals surface area contributed by atoms with Crippen molar-refractivity contribution in [1.82, 2.24) is 5.32 Å². The highest BCUT2D eigenvalue weighted by Gasteiger charge is 2.36. The lowest BCUT2D eigenvalue weighted by atomic mass is 10.0. The normalized spacial score (nSPS) is 18.0. The van der Waals surface area contributed by atoms with E-state index in [1.807, 2.05) is 20.8 Å². The minimum atomic E-state index is -2.22. The highest BCUT2D eigenvalue weighted by atomic mass is 28.3. The van der Waals surface area contributed by atoms with Crippen molar-refractivity contribution in [1.29, 1.82) is 0 Å². The predicted molar refractivity (Wildman–Crippen MR) is 88.4 cm³/mol. The lowest BCUT2D eigenvalue weighted by molar-refractivity contribution is -0.149. The van der Waals surface area contributed by atoms with Gasteiger partial charge in [-0.1, -0.05) is 13.3 Å². The van der Waals surface area contributed by atoms with Crippen LogP contribution in [0, 0.1) is 0 Å². The van der Waals surface area contributed by atoms with Crippen molar-refractivity contribution in [2.75, 3.05) is 19.8 Å². The molecule has 6 N–H and O–H groups in total. The maximum absolute atomic E-state index is 12.1. The van der Waals surface area contributed by atoms with Gasteiger partial charge in [-0.15, -0.1) is 0 Å². The predicted octanol–water partition coefficient (Wildman–Crippen LogP) is -2.46. The number of hydrogen-bond acceptors (Lipinski definition) is 8. The number of rotatable bonds is 13. The molecular weight excluding hydrogens is 338 g/mol. The van der Waals surface area contributed by atoms with Crippen molar-refractivity contribution >= 4 is 15.2 Å². The fourth-order valence-corrected chi connectivity index (χ4v) is 4.27. The van der Waals surface area contributed by atoms with Gasteiger partial charge in [0.05, 0.1) is 12.3 Å². The van der Waals surface area contributed by atoms with Gasteiger partial charge in [0.1, 0.15) is 18.3 Å². The Balaban J connectivity index is 4.90. The van der Waals surface area contributed by atoms with Crippen LogP contribution in [0.5, 0.6) is 0 Å². The second-order valence-corrected chi connectivity index (χ2v) is 7.57. The molecule has 144 valence electrons. The second-order valence-electron chi connectivity index (χ2n) is 5.36. The van der Waals surface area contributed by atoms with E-state index in [-0.39, 0.29) is 0 Å². The van der Waals surface area contributed by atoms with Crippen molar-refractivity contribution in [3.8, 4) is 0 Å². The molecule has 0 fully saturated rings. The first-order chi connectivity index (χ1) is 11.3. The van der Waals surface area contributed by atoms with Crippen LogP contribution in [0.4, 0.5) is 0 Å². The van der Waals surface area contributed by atoms with Gasteiger partial charge in [-0.3, -0.25) is 4.79 Å². The molecule has 0 saturated carbocycles. The lowest BCUT2D eigenvalue weighted by Gasteiger charge is -2.29. The van der Waals surface area contributed by atoms with E-state index in [1.54, 1.807) is 0 Å². The summed E-state index contributed by atoms with van der Waals surface area (Å²) >= 11 is 0. The van der Waals surface area contributed by atoms with Crippen LogP contribution in [0.15, 0.2) is 0 Å². The minimum Gasteiger partial charge on any atom is -0.396 e. The molecule has 0 aromatic carbocycles. The van der Waals surface area contributed by atoms with Gasteiger partial charge in [0.25, 0.3) is 5.91 Å². The molecule has 1 unspecified atom stereocenters. The van der Waals surface area contributed by atoms with Gasteiger partial charge in [-0.25, -0.2) is 0 Å². The number of nitrogens with one attached hydrogen (secondary N) is 1. The molecule has 5 atom stereocenters. The smallest absolute Gasteiger partial charge is 0.344 e. The summed E-state index contributed by atoms with van der Waals surface area (Å²) in [5, 5.41) is 49.8. The summed E-state index contributed by atoms with van der Waals surface area (Å²) in [4.78, 5) is 12.1. The van der Waals surface area contributed by atoms with Gasteiger partial charge in [-0.2, -0.15) is 0 Å². The Morgan fingerprint density at radius 1 is 1.04 bits per heavy atom. The molecule has 0 aromatic heterocycles. The molecule has 0 aromatic rings. The summed E-state index contributed by atoms with van der Waals surface area (Å²) in [7, 11) is -2.22. The zero-order chi connectivity index (χ0) is 18.7. The summed E-state index contributed by atoms with van der Waals surface area (Å²) < 4.78 is 11.2. The summed E-state index contributed by atoms with van der Waals surface area (Å²) in [5.41, 5.74) is -0.413. The number of aliphatic hydroxyl groups is 5. The lowest BCUT2D eigenvalue weighted by Crippen LogP contribution is -2.56. The monoisotopic (exact) mass is 369 g/mol. The van der Waals surface area contributed by atoms with E-state index < -0.39 is 51.9 Å². The Labute approximate surface area is 144 Å². The number of hydrogen-bond donors (Lipinski definition) is 6. The van der Waals surface area contributed by atoms with Crippen molar-refractivity contribution in [2.45, 2.75) is 63.7 Å². The molecule has 0 spiro atoms. The molecule has 10 heteroatoms. The minimum absolute atomic E-state index is 0.413. The number of carbonyl (C=O) groups is 1. The number of aliphatic hydroxyl groups excluding tert-OH is 5. The van der Waals surface area contributed by atoms with Gasteiger partial charge < -0.3 is 39.7 Å². The molecular formula is C14H31NO8Si. The van der Waals surface area contributed by atoms with Crippen LogP contribution < -0.4 is 5.32 Å². The quantitative estimate of drug-likeness (QED) is 0.196.